The van der Waals surface area contributed by atoms with Crippen molar-refractivity contribution in [2.45, 2.75) is 6.92 Å². The van der Waals surface area contributed by atoms with Crippen molar-refractivity contribution < 1.29 is 0 Å². The molecule has 0 aromatic heterocycles. The topological polar surface area (TPSA) is 3.24 Å². The molecule has 0 aromatic carbocycles. The number of nitrogens with zero attached hydrogens (tertiary/aromatic N) is 1. The van der Waals surface area contributed by atoms with Crippen LogP contribution in [0.2, 0.25) is 0 Å². The van der Waals surface area contributed by atoms with Gasteiger partial charge in [0.1, 0.15) is 0 Å². The Balaban J connectivity index is 2.94. The standard InChI is InChI=1S/C8H10IN/c1-6-4-10(3)5-8(9)7(6)2/h4-5H,2H2,1,3H3. The normalized spacial score (nSPS) is 18.7. The van der Waals surface area contributed by atoms with Crippen LogP contribution in [0.15, 0.2) is 33.7 Å². The van der Waals surface area contributed by atoms with E-state index in [-0.39, 0.29) is 0 Å². The van der Waals surface area contributed by atoms with Crippen molar-refractivity contribution in [3.63, 3.8) is 0 Å². The molecule has 10 heavy (non-hydrogen) atoms. The second-order valence-corrected chi connectivity index (χ2v) is 3.60. The number of hydrogen-bond donors (Lipinski definition) is 0. The molecule has 1 aliphatic rings. The summed E-state index contributed by atoms with van der Waals surface area (Å²) in [6, 6.07) is 0. The van der Waals surface area contributed by atoms with Gasteiger partial charge in [0.15, 0.2) is 0 Å². The highest BCUT2D eigenvalue weighted by Crippen LogP contribution is 2.27. The number of halogens is 1. The second-order valence-electron chi connectivity index (χ2n) is 2.43. The van der Waals surface area contributed by atoms with E-state index < -0.39 is 0 Å². The molecular formula is C8H10IN. The average Bonchev–Trinajstić information content (AvgIpc) is 1.82. The Labute approximate surface area is 75.2 Å². The van der Waals surface area contributed by atoms with E-state index >= 15 is 0 Å². The summed E-state index contributed by atoms with van der Waals surface area (Å²) >= 11 is 2.29. The Morgan fingerprint density at radius 2 is 2.10 bits per heavy atom. The van der Waals surface area contributed by atoms with E-state index in [0.29, 0.717) is 0 Å². The van der Waals surface area contributed by atoms with E-state index in [2.05, 4.69) is 48.5 Å². The first-order valence-corrected chi connectivity index (χ1v) is 4.16. The molecule has 0 saturated heterocycles. The van der Waals surface area contributed by atoms with Crippen LogP contribution < -0.4 is 0 Å². The van der Waals surface area contributed by atoms with Crippen LogP contribution in [0.25, 0.3) is 0 Å². The van der Waals surface area contributed by atoms with Crippen LogP contribution in [-0.2, 0) is 0 Å². The van der Waals surface area contributed by atoms with Crippen LogP contribution in [0.3, 0.4) is 0 Å². The van der Waals surface area contributed by atoms with E-state index in [4.69, 9.17) is 0 Å². The molecule has 0 unspecified atom stereocenters. The molecule has 1 aliphatic heterocycles. The van der Waals surface area contributed by atoms with Crippen molar-refractivity contribution in [3.8, 4) is 0 Å². The fraction of sp³-hybridized carbons (Fsp3) is 0.250. The molecule has 0 radical (unpaired) electrons. The van der Waals surface area contributed by atoms with Crippen LogP contribution in [0.5, 0.6) is 0 Å². The molecule has 0 spiro atoms. The molecule has 0 fully saturated rings. The molecule has 0 bridgehead atoms. The van der Waals surface area contributed by atoms with Crippen molar-refractivity contribution >= 4 is 22.6 Å². The van der Waals surface area contributed by atoms with E-state index in [9.17, 15) is 0 Å². The lowest BCUT2D eigenvalue weighted by molar-refractivity contribution is 0.612. The van der Waals surface area contributed by atoms with Crippen LogP contribution in [-0.4, -0.2) is 11.9 Å². The molecule has 1 nitrogen and oxygen atoms in total. The van der Waals surface area contributed by atoms with Gasteiger partial charge in [-0.25, -0.2) is 0 Å². The summed E-state index contributed by atoms with van der Waals surface area (Å²) < 4.78 is 1.22. The third-order valence-corrected chi connectivity index (χ3v) is 2.41. The van der Waals surface area contributed by atoms with Gasteiger partial charge in [0.2, 0.25) is 0 Å². The Kier molecular flexibility index (Phi) is 2.18. The maximum Gasteiger partial charge on any atom is 0.0362 e. The zero-order valence-corrected chi connectivity index (χ0v) is 8.34. The predicted molar refractivity (Wildman–Crippen MR) is 52.8 cm³/mol. The SMILES string of the molecule is C=C1C(C)=CN(C)C=C1I. The van der Waals surface area contributed by atoms with Gasteiger partial charge in [-0.2, -0.15) is 0 Å². The molecule has 0 amide bonds. The summed E-state index contributed by atoms with van der Waals surface area (Å²) in [5, 5.41) is 0. The largest absolute Gasteiger partial charge is 0.356 e. The number of hydrogen-bond acceptors (Lipinski definition) is 1. The quantitative estimate of drug-likeness (QED) is 0.595. The first-order valence-electron chi connectivity index (χ1n) is 3.08. The molecule has 0 aliphatic carbocycles. The van der Waals surface area contributed by atoms with E-state index in [1.165, 1.54) is 9.15 Å². The lowest BCUT2D eigenvalue weighted by atomic mass is 10.1. The number of rotatable bonds is 0. The summed E-state index contributed by atoms with van der Waals surface area (Å²) in [4.78, 5) is 2.05. The van der Waals surface area contributed by atoms with Gasteiger partial charge in [0, 0.05) is 23.0 Å². The van der Waals surface area contributed by atoms with Gasteiger partial charge >= 0.3 is 0 Å². The highest BCUT2D eigenvalue weighted by atomic mass is 127. The van der Waals surface area contributed by atoms with Crippen molar-refractivity contribution in [1.82, 2.24) is 4.90 Å². The molecule has 0 atom stereocenters. The average molecular weight is 247 g/mol. The van der Waals surface area contributed by atoms with Crippen molar-refractivity contribution in [2.24, 2.45) is 0 Å². The second kappa shape index (κ2) is 2.78. The Morgan fingerprint density at radius 3 is 2.60 bits per heavy atom. The Bertz CT molecular complexity index is 203. The smallest absolute Gasteiger partial charge is 0.0362 e. The van der Waals surface area contributed by atoms with E-state index in [1.54, 1.807) is 0 Å². The Hall–Kier alpha value is -0.250. The molecule has 0 aromatic rings. The maximum atomic E-state index is 3.94. The maximum absolute atomic E-state index is 3.94. The first kappa shape index (κ1) is 7.85. The third-order valence-electron chi connectivity index (χ3n) is 1.48. The zero-order valence-electron chi connectivity index (χ0n) is 6.19. The summed E-state index contributed by atoms with van der Waals surface area (Å²) in [6.07, 6.45) is 4.14. The van der Waals surface area contributed by atoms with Crippen molar-refractivity contribution in [2.75, 3.05) is 7.05 Å². The predicted octanol–water partition coefficient (Wildman–Crippen LogP) is 2.67. The lowest BCUT2D eigenvalue weighted by Crippen LogP contribution is -2.07. The lowest BCUT2D eigenvalue weighted by Gasteiger charge is -2.18. The van der Waals surface area contributed by atoms with Crippen LogP contribution in [0.1, 0.15) is 6.92 Å². The summed E-state index contributed by atoms with van der Waals surface area (Å²) in [7, 11) is 2.02. The van der Waals surface area contributed by atoms with Crippen molar-refractivity contribution in [3.05, 3.63) is 33.7 Å². The Morgan fingerprint density at radius 1 is 1.50 bits per heavy atom. The molecule has 0 saturated carbocycles. The van der Waals surface area contributed by atoms with E-state index in [0.717, 1.165) is 5.57 Å². The number of allylic oxidation sites excluding steroid dienone is 3. The third kappa shape index (κ3) is 1.42. The molecule has 1 rings (SSSR count). The van der Waals surface area contributed by atoms with Crippen LogP contribution in [0.4, 0.5) is 0 Å². The van der Waals surface area contributed by atoms with Gasteiger partial charge in [0.05, 0.1) is 0 Å². The summed E-state index contributed by atoms with van der Waals surface area (Å²) in [5.74, 6) is 0. The van der Waals surface area contributed by atoms with Gasteiger partial charge in [-0.15, -0.1) is 0 Å². The minimum atomic E-state index is 1.14. The molecule has 0 N–H and O–H groups in total. The minimum absolute atomic E-state index is 1.14. The van der Waals surface area contributed by atoms with Crippen LogP contribution in [0, 0.1) is 0 Å². The van der Waals surface area contributed by atoms with Gasteiger partial charge in [0.25, 0.3) is 0 Å². The van der Waals surface area contributed by atoms with Gasteiger partial charge in [-0.3, -0.25) is 0 Å². The zero-order chi connectivity index (χ0) is 7.72. The van der Waals surface area contributed by atoms with Crippen molar-refractivity contribution in [1.29, 1.82) is 0 Å². The van der Waals surface area contributed by atoms with Gasteiger partial charge < -0.3 is 4.90 Å². The molecule has 2 heteroatoms. The first-order chi connectivity index (χ1) is 4.61. The van der Waals surface area contributed by atoms with Gasteiger partial charge in [-0.1, -0.05) is 6.58 Å². The summed E-state index contributed by atoms with van der Waals surface area (Å²) in [6.45, 7) is 6.01. The highest BCUT2D eigenvalue weighted by molar-refractivity contribution is 14.1. The fourth-order valence-corrected chi connectivity index (χ4v) is 1.73. The minimum Gasteiger partial charge on any atom is -0.356 e. The van der Waals surface area contributed by atoms with E-state index in [1.807, 2.05) is 11.9 Å². The molecule has 1 heterocycles. The highest BCUT2D eigenvalue weighted by Gasteiger charge is 2.07. The summed E-state index contributed by atoms with van der Waals surface area (Å²) in [5.41, 5.74) is 2.38. The molecule has 54 valence electrons. The monoisotopic (exact) mass is 247 g/mol. The van der Waals surface area contributed by atoms with Crippen LogP contribution >= 0.6 is 22.6 Å². The van der Waals surface area contributed by atoms with Gasteiger partial charge in [-0.05, 0) is 40.7 Å². The fourth-order valence-electron chi connectivity index (χ4n) is 0.866. The molecular weight excluding hydrogens is 237 g/mol.